The zero-order valence-electron chi connectivity index (χ0n) is 12.5. The molecule has 4 nitrogen and oxygen atoms in total. The second-order valence-corrected chi connectivity index (χ2v) is 5.45. The Balaban J connectivity index is 1.74. The van der Waals surface area contributed by atoms with Gasteiger partial charge in [-0.15, -0.1) is 0 Å². The van der Waals surface area contributed by atoms with Gasteiger partial charge in [0.05, 0.1) is 18.4 Å². The number of methoxy groups -OCH3 is 1. The highest BCUT2D eigenvalue weighted by Gasteiger charge is 2.11. The number of likely N-dealkylation sites (tertiary alicyclic amines) is 1. The molecule has 0 radical (unpaired) electrons. The number of rotatable bonds is 4. The van der Waals surface area contributed by atoms with Gasteiger partial charge in [-0.2, -0.15) is 0 Å². The van der Waals surface area contributed by atoms with Crippen LogP contribution in [0.1, 0.15) is 24.8 Å². The van der Waals surface area contributed by atoms with E-state index in [4.69, 9.17) is 4.74 Å². The van der Waals surface area contributed by atoms with Gasteiger partial charge in [-0.1, -0.05) is 12.5 Å². The van der Waals surface area contributed by atoms with Gasteiger partial charge in [0.15, 0.2) is 0 Å². The van der Waals surface area contributed by atoms with Crippen LogP contribution >= 0.6 is 0 Å². The van der Waals surface area contributed by atoms with E-state index in [0.717, 1.165) is 17.8 Å². The molecule has 0 spiro atoms. The first-order valence-corrected chi connectivity index (χ1v) is 7.53. The van der Waals surface area contributed by atoms with E-state index in [0.29, 0.717) is 5.88 Å². The molecule has 2 aromatic heterocycles. The fourth-order valence-corrected chi connectivity index (χ4v) is 2.80. The maximum absolute atomic E-state index is 5.29. The van der Waals surface area contributed by atoms with Crippen molar-refractivity contribution in [1.82, 2.24) is 14.9 Å². The topological polar surface area (TPSA) is 38.2 Å². The summed E-state index contributed by atoms with van der Waals surface area (Å²) in [5.74, 6) is 0.619. The van der Waals surface area contributed by atoms with E-state index in [1.807, 2.05) is 18.3 Å². The number of ether oxygens (including phenoxy) is 1. The molecular formula is C17H21N3O. The molecule has 1 saturated heterocycles. The first-order valence-electron chi connectivity index (χ1n) is 7.53. The predicted octanol–water partition coefficient (Wildman–Crippen LogP) is 3.14. The van der Waals surface area contributed by atoms with Gasteiger partial charge in [0.25, 0.3) is 0 Å². The molecular weight excluding hydrogens is 262 g/mol. The van der Waals surface area contributed by atoms with E-state index in [9.17, 15) is 0 Å². The Morgan fingerprint density at radius 2 is 1.95 bits per heavy atom. The fourth-order valence-electron chi connectivity index (χ4n) is 2.80. The first-order chi connectivity index (χ1) is 10.4. The molecule has 4 heteroatoms. The van der Waals surface area contributed by atoms with Gasteiger partial charge >= 0.3 is 0 Å². The summed E-state index contributed by atoms with van der Waals surface area (Å²) in [6, 6.07) is 8.10. The van der Waals surface area contributed by atoms with Crippen molar-refractivity contribution in [3.8, 4) is 17.1 Å². The summed E-state index contributed by atoms with van der Waals surface area (Å²) in [7, 11) is 1.64. The van der Waals surface area contributed by atoms with Gasteiger partial charge < -0.3 is 4.74 Å². The molecule has 0 N–H and O–H groups in total. The second kappa shape index (κ2) is 6.68. The molecule has 2 aromatic rings. The summed E-state index contributed by atoms with van der Waals surface area (Å²) in [5, 5.41) is 0. The first kappa shape index (κ1) is 14.0. The van der Waals surface area contributed by atoms with Crippen molar-refractivity contribution in [3.63, 3.8) is 0 Å². The van der Waals surface area contributed by atoms with Crippen molar-refractivity contribution >= 4 is 0 Å². The highest BCUT2D eigenvalue weighted by Crippen LogP contribution is 2.25. The lowest BCUT2D eigenvalue weighted by atomic mass is 10.1. The van der Waals surface area contributed by atoms with E-state index < -0.39 is 0 Å². The monoisotopic (exact) mass is 283 g/mol. The molecule has 0 aliphatic carbocycles. The van der Waals surface area contributed by atoms with Crippen molar-refractivity contribution in [2.75, 3.05) is 20.2 Å². The van der Waals surface area contributed by atoms with E-state index in [2.05, 4.69) is 27.0 Å². The third-order valence-corrected chi connectivity index (χ3v) is 3.92. The van der Waals surface area contributed by atoms with Crippen molar-refractivity contribution < 1.29 is 4.74 Å². The molecule has 1 aliphatic rings. The molecule has 0 atom stereocenters. The Labute approximate surface area is 125 Å². The number of piperidine rings is 1. The zero-order valence-corrected chi connectivity index (χ0v) is 12.5. The van der Waals surface area contributed by atoms with Crippen LogP contribution < -0.4 is 4.74 Å². The van der Waals surface area contributed by atoms with E-state index in [-0.39, 0.29) is 0 Å². The zero-order chi connectivity index (χ0) is 14.5. The van der Waals surface area contributed by atoms with Crippen molar-refractivity contribution in [1.29, 1.82) is 0 Å². The molecule has 0 unspecified atom stereocenters. The molecule has 1 aliphatic heterocycles. The lowest BCUT2D eigenvalue weighted by Crippen LogP contribution is -2.29. The van der Waals surface area contributed by atoms with Gasteiger partial charge in [0.2, 0.25) is 5.88 Å². The van der Waals surface area contributed by atoms with Crippen molar-refractivity contribution in [3.05, 3.63) is 42.2 Å². The Hall–Kier alpha value is -1.94. The predicted molar refractivity (Wildman–Crippen MR) is 83.1 cm³/mol. The molecule has 0 bridgehead atoms. The maximum Gasteiger partial charge on any atom is 0.222 e. The van der Waals surface area contributed by atoms with Gasteiger partial charge in [-0.3, -0.25) is 9.88 Å². The number of hydrogen-bond donors (Lipinski definition) is 0. The highest BCUT2D eigenvalue weighted by molar-refractivity contribution is 5.64. The molecule has 3 rings (SSSR count). The number of aromatic nitrogens is 2. The van der Waals surface area contributed by atoms with Crippen LogP contribution in [0.3, 0.4) is 0 Å². The average Bonchev–Trinajstić information content (AvgIpc) is 2.56. The Morgan fingerprint density at radius 1 is 1.10 bits per heavy atom. The minimum atomic E-state index is 0.619. The molecule has 110 valence electrons. The summed E-state index contributed by atoms with van der Waals surface area (Å²) < 4.78 is 5.29. The lowest BCUT2D eigenvalue weighted by Gasteiger charge is -2.26. The fraction of sp³-hybridized carbons (Fsp3) is 0.412. The van der Waals surface area contributed by atoms with E-state index in [1.165, 1.54) is 37.9 Å². The summed E-state index contributed by atoms with van der Waals surface area (Å²) in [6.45, 7) is 3.41. The smallest absolute Gasteiger partial charge is 0.222 e. The standard InChI is InChI=1S/C17H21N3O/c1-21-17-15(6-5-9-18-17)16-8-7-14(12-19-16)13-20-10-3-2-4-11-20/h5-9,12H,2-4,10-11,13H2,1H3. The van der Waals surface area contributed by atoms with Crippen LogP contribution in [0.15, 0.2) is 36.7 Å². The molecule has 1 fully saturated rings. The van der Waals surface area contributed by atoms with E-state index in [1.54, 1.807) is 13.3 Å². The van der Waals surface area contributed by atoms with Crippen LogP contribution in [-0.4, -0.2) is 35.1 Å². The van der Waals surface area contributed by atoms with Crippen LogP contribution in [0.5, 0.6) is 5.88 Å². The molecule has 0 amide bonds. The van der Waals surface area contributed by atoms with Gasteiger partial charge in [-0.25, -0.2) is 4.98 Å². The maximum atomic E-state index is 5.29. The Bertz CT molecular complexity index is 577. The molecule has 21 heavy (non-hydrogen) atoms. The van der Waals surface area contributed by atoms with Crippen molar-refractivity contribution in [2.45, 2.75) is 25.8 Å². The van der Waals surface area contributed by atoms with Gasteiger partial charge in [0, 0.05) is 18.9 Å². The minimum absolute atomic E-state index is 0.619. The van der Waals surface area contributed by atoms with Crippen LogP contribution in [0.2, 0.25) is 0 Å². The third kappa shape index (κ3) is 3.39. The Kier molecular flexibility index (Phi) is 4.46. The average molecular weight is 283 g/mol. The third-order valence-electron chi connectivity index (χ3n) is 3.92. The number of nitrogens with zero attached hydrogens (tertiary/aromatic N) is 3. The second-order valence-electron chi connectivity index (χ2n) is 5.45. The van der Waals surface area contributed by atoms with Gasteiger partial charge in [0.1, 0.15) is 0 Å². The van der Waals surface area contributed by atoms with Gasteiger partial charge in [-0.05, 0) is 49.7 Å². The van der Waals surface area contributed by atoms with Crippen LogP contribution in [-0.2, 0) is 6.54 Å². The van der Waals surface area contributed by atoms with Crippen LogP contribution in [0.4, 0.5) is 0 Å². The Morgan fingerprint density at radius 3 is 2.67 bits per heavy atom. The summed E-state index contributed by atoms with van der Waals surface area (Å²) in [5.41, 5.74) is 3.11. The lowest BCUT2D eigenvalue weighted by molar-refractivity contribution is 0.220. The summed E-state index contributed by atoms with van der Waals surface area (Å²) in [6.07, 6.45) is 7.70. The van der Waals surface area contributed by atoms with Crippen LogP contribution in [0, 0.1) is 0 Å². The van der Waals surface area contributed by atoms with Crippen molar-refractivity contribution in [2.24, 2.45) is 0 Å². The normalized spacial score (nSPS) is 15.9. The molecule has 0 aromatic carbocycles. The molecule has 0 saturated carbocycles. The minimum Gasteiger partial charge on any atom is -0.481 e. The van der Waals surface area contributed by atoms with Crippen LogP contribution in [0.25, 0.3) is 11.3 Å². The molecule has 3 heterocycles. The summed E-state index contributed by atoms with van der Waals surface area (Å²) >= 11 is 0. The van der Waals surface area contributed by atoms with E-state index >= 15 is 0 Å². The quantitative estimate of drug-likeness (QED) is 0.864. The summed E-state index contributed by atoms with van der Waals surface area (Å²) in [4.78, 5) is 11.3. The largest absolute Gasteiger partial charge is 0.481 e. The number of hydrogen-bond acceptors (Lipinski definition) is 4. The number of pyridine rings is 2. The SMILES string of the molecule is COc1ncccc1-c1ccc(CN2CCCCC2)cn1. The highest BCUT2D eigenvalue weighted by atomic mass is 16.5.